The van der Waals surface area contributed by atoms with Gasteiger partial charge in [0.05, 0.1) is 11.5 Å². The van der Waals surface area contributed by atoms with E-state index in [1.54, 1.807) is 16.8 Å². The average molecular weight is 314 g/mol. The van der Waals surface area contributed by atoms with Crippen LogP contribution in [0.3, 0.4) is 0 Å². The summed E-state index contributed by atoms with van der Waals surface area (Å²) < 4.78 is 29.2. The fourth-order valence-electron chi connectivity index (χ4n) is 3.15. The predicted octanol–water partition coefficient (Wildman–Crippen LogP) is 2.10. The van der Waals surface area contributed by atoms with Crippen LogP contribution in [0.15, 0.2) is 17.2 Å². The Balaban J connectivity index is 2.02. The molecule has 1 aliphatic rings. The third-order valence-corrected chi connectivity index (χ3v) is 5.77. The second kappa shape index (κ2) is 6.94. The number of rotatable bonds is 6. The van der Waals surface area contributed by atoms with Crippen LogP contribution in [0.5, 0.6) is 0 Å². The molecule has 0 amide bonds. The van der Waals surface area contributed by atoms with Crippen LogP contribution < -0.4 is 4.72 Å². The minimum atomic E-state index is -3.48. The molecule has 2 atom stereocenters. The van der Waals surface area contributed by atoms with Crippen molar-refractivity contribution in [1.29, 1.82) is 0 Å². The van der Waals surface area contributed by atoms with Crippen LogP contribution >= 0.6 is 0 Å². The predicted molar refractivity (Wildman–Crippen MR) is 82.3 cm³/mol. The lowest BCUT2D eigenvalue weighted by Gasteiger charge is -2.26. The SMILES string of the molecule is CCn1cc(S(=O)(=O)NCC2CCCC(C)C2)cc1CO. The maximum Gasteiger partial charge on any atom is 0.242 e. The van der Waals surface area contributed by atoms with Crippen LogP contribution in [0.4, 0.5) is 0 Å². The van der Waals surface area contributed by atoms with Crippen LogP contribution in [0.2, 0.25) is 0 Å². The Kier molecular flexibility index (Phi) is 5.46. The number of aliphatic hydroxyl groups excluding tert-OH is 1. The smallest absolute Gasteiger partial charge is 0.242 e. The van der Waals surface area contributed by atoms with Gasteiger partial charge in [-0.05, 0) is 37.7 Å². The molecule has 1 aromatic heterocycles. The molecule has 2 unspecified atom stereocenters. The van der Waals surface area contributed by atoms with Crippen LogP contribution in [-0.2, 0) is 23.2 Å². The highest BCUT2D eigenvalue weighted by Crippen LogP contribution is 2.28. The highest BCUT2D eigenvalue weighted by Gasteiger charge is 2.23. The first-order valence-corrected chi connectivity index (χ1v) is 9.24. The lowest BCUT2D eigenvalue weighted by molar-refractivity contribution is 0.271. The molecule has 0 saturated heterocycles. The van der Waals surface area contributed by atoms with Crippen molar-refractivity contribution < 1.29 is 13.5 Å². The minimum Gasteiger partial charge on any atom is -0.390 e. The summed E-state index contributed by atoms with van der Waals surface area (Å²) in [4.78, 5) is 0.247. The van der Waals surface area contributed by atoms with Crippen molar-refractivity contribution in [3.05, 3.63) is 18.0 Å². The lowest BCUT2D eigenvalue weighted by atomic mass is 9.83. The van der Waals surface area contributed by atoms with Gasteiger partial charge in [0.1, 0.15) is 0 Å². The molecular formula is C15H26N2O3S. The van der Waals surface area contributed by atoms with Crippen LogP contribution in [-0.4, -0.2) is 24.6 Å². The molecule has 1 saturated carbocycles. The van der Waals surface area contributed by atoms with E-state index in [1.807, 2.05) is 6.92 Å². The third kappa shape index (κ3) is 4.08. The number of aromatic nitrogens is 1. The second-order valence-corrected chi connectivity index (χ2v) is 7.87. The Morgan fingerprint density at radius 3 is 2.76 bits per heavy atom. The first-order valence-electron chi connectivity index (χ1n) is 7.75. The van der Waals surface area contributed by atoms with Crippen molar-refractivity contribution >= 4 is 10.0 Å². The highest BCUT2D eigenvalue weighted by molar-refractivity contribution is 7.89. The molecular weight excluding hydrogens is 288 g/mol. The summed E-state index contributed by atoms with van der Waals surface area (Å²) >= 11 is 0. The molecule has 2 N–H and O–H groups in total. The fourth-order valence-corrected chi connectivity index (χ4v) is 4.33. The average Bonchev–Trinajstić information content (AvgIpc) is 2.89. The summed E-state index contributed by atoms with van der Waals surface area (Å²) in [5.74, 6) is 1.13. The second-order valence-electron chi connectivity index (χ2n) is 6.10. The van der Waals surface area contributed by atoms with Gasteiger partial charge in [-0.1, -0.05) is 19.8 Å². The van der Waals surface area contributed by atoms with Crippen molar-refractivity contribution in [3.8, 4) is 0 Å². The molecule has 1 aliphatic carbocycles. The Morgan fingerprint density at radius 1 is 1.43 bits per heavy atom. The highest BCUT2D eigenvalue weighted by atomic mass is 32.2. The minimum absolute atomic E-state index is 0.149. The molecule has 1 fully saturated rings. The molecule has 120 valence electrons. The fraction of sp³-hybridized carbons (Fsp3) is 0.733. The molecule has 2 rings (SSSR count). The zero-order valence-corrected chi connectivity index (χ0v) is 13.7. The quantitative estimate of drug-likeness (QED) is 0.845. The Morgan fingerprint density at radius 2 is 2.19 bits per heavy atom. The number of hydrogen-bond acceptors (Lipinski definition) is 3. The van der Waals surface area contributed by atoms with E-state index in [0.717, 1.165) is 12.8 Å². The van der Waals surface area contributed by atoms with E-state index in [1.165, 1.54) is 12.8 Å². The van der Waals surface area contributed by atoms with Crippen LogP contribution in [0, 0.1) is 11.8 Å². The largest absolute Gasteiger partial charge is 0.390 e. The molecule has 1 heterocycles. The van der Waals surface area contributed by atoms with Gasteiger partial charge in [0, 0.05) is 25.0 Å². The Hall–Kier alpha value is -0.850. The van der Waals surface area contributed by atoms with E-state index in [2.05, 4.69) is 11.6 Å². The normalized spacial score (nSPS) is 23.4. The zero-order chi connectivity index (χ0) is 15.5. The summed E-state index contributed by atoms with van der Waals surface area (Å²) in [6, 6.07) is 1.55. The molecule has 21 heavy (non-hydrogen) atoms. The molecule has 6 heteroatoms. The molecule has 0 aliphatic heterocycles. The van der Waals surface area contributed by atoms with Gasteiger partial charge in [-0.3, -0.25) is 0 Å². The topological polar surface area (TPSA) is 71.3 Å². The molecule has 0 radical (unpaired) electrons. The first kappa shape index (κ1) is 16.5. The van der Waals surface area contributed by atoms with Gasteiger partial charge in [-0.25, -0.2) is 13.1 Å². The number of aliphatic hydroxyl groups is 1. The number of sulfonamides is 1. The van der Waals surface area contributed by atoms with Crippen LogP contribution in [0.1, 0.15) is 45.2 Å². The van der Waals surface area contributed by atoms with Crippen molar-refractivity contribution in [2.75, 3.05) is 6.54 Å². The van der Waals surface area contributed by atoms with E-state index in [0.29, 0.717) is 30.6 Å². The van der Waals surface area contributed by atoms with Crippen molar-refractivity contribution in [3.63, 3.8) is 0 Å². The van der Waals surface area contributed by atoms with E-state index >= 15 is 0 Å². The van der Waals surface area contributed by atoms with Crippen LogP contribution in [0.25, 0.3) is 0 Å². The summed E-state index contributed by atoms with van der Waals surface area (Å²) in [5, 5.41) is 9.26. The summed E-state index contributed by atoms with van der Waals surface area (Å²) in [7, 11) is -3.48. The van der Waals surface area contributed by atoms with Crippen molar-refractivity contribution in [2.45, 2.75) is 57.6 Å². The molecule has 1 aromatic rings. The van der Waals surface area contributed by atoms with Gasteiger partial charge < -0.3 is 9.67 Å². The molecule has 0 bridgehead atoms. The number of nitrogens with zero attached hydrogens (tertiary/aromatic N) is 1. The third-order valence-electron chi connectivity index (χ3n) is 4.38. The van der Waals surface area contributed by atoms with Gasteiger partial charge in [0.2, 0.25) is 10.0 Å². The molecule has 0 spiro atoms. The molecule has 5 nitrogen and oxygen atoms in total. The number of hydrogen-bond donors (Lipinski definition) is 2. The van der Waals surface area contributed by atoms with Crippen molar-refractivity contribution in [2.24, 2.45) is 11.8 Å². The number of nitrogens with one attached hydrogen (secondary N) is 1. The Labute approximate surface area is 127 Å². The standard InChI is InChI=1S/C15H26N2O3S/c1-3-17-10-15(8-14(17)11-18)21(19,20)16-9-13-6-4-5-12(2)7-13/h8,10,12-13,16,18H,3-7,9,11H2,1-2H3. The van der Waals surface area contributed by atoms with Gasteiger partial charge in [0.15, 0.2) is 0 Å². The first-order chi connectivity index (χ1) is 9.96. The number of aryl methyl sites for hydroxylation is 1. The van der Waals surface area contributed by atoms with Gasteiger partial charge in [0.25, 0.3) is 0 Å². The van der Waals surface area contributed by atoms with Gasteiger partial charge in [-0.2, -0.15) is 0 Å². The van der Waals surface area contributed by atoms with E-state index in [9.17, 15) is 13.5 Å². The Bertz CT molecular complexity index is 544. The van der Waals surface area contributed by atoms with E-state index in [-0.39, 0.29) is 11.5 Å². The summed E-state index contributed by atoms with van der Waals surface area (Å²) in [6.45, 7) is 5.16. The summed E-state index contributed by atoms with van der Waals surface area (Å²) in [5.41, 5.74) is 0.629. The maximum absolute atomic E-state index is 12.3. The van der Waals surface area contributed by atoms with E-state index in [4.69, 9.17) is 0 Å². The zero-order valence-electron chi connectivity index (χ0n) is 12.9. The van der Waals surface area contributed by atoms with Crippen molar-refractivity contribution in [1.82, 2.24) is 9.29 Å². The summed E-state index contributed by atoms with van der Waals surface area (Å²) in [6.07, 6.45) is 6.24. The monoisotopic (exact) mass is 314 g/mol. The van der Waals surface area contributed by atoms with Gasteiger partial charge >= 0.3 is 0 Å². The molecule has 0 aromatic carbocycles. The maximum atomic E-state index is 12.3. The lowest BCUT2D eigenvalue weighted by Crippen LogP contribution is -2.31. The van der Waals surface area contributed by atoms with E-state index < -0.39 is 10.0 Å². The van der Waals surface area contributed by atoms with Gasteiger partial charge in [-0.15, -0.1) is 0 Å².